The molecule has 8 nitrogen and oxygen atoms in total. The lowest BCUT2D eigenvalue weighted by molar-refractivity contribution is -0.256. The number of piperidine rings is 1. The van der Waals surface area contributed by atoms with Gasteiger partial charge in [0.15, 0.2) is 0 Å². The summed E-state index contributed by atoms with van der Waals surface area (Å²) in [5.41, 5.74) is -2.62. The minimum Gasteiger partial charge on any atom is -0.492 e. The molecule has 0 unspecified atom stereocenters. The number of ether oxygens (including phenoxy) is 1. The van der Waals surface area contributed by atoms with Gasteiger partial charge in [0.2, 0.25) is 0 Å². The summed E-state index contributed by atoms with van der Waals surface area (Å²) in [7, 11) is 0. The van der Waals surface area contributed by atoms with Crippen LogP contribution in [0.4, 0.5) is 17.6 Å². The molecule has 1 aromatic carbocycles. The van der Waals surface area contributed by atoms with Crippen LogP contribution in [0.25, 0.3) is 11.3 Å². The quantitative estimate of drug-likeness (QED) is 0.426. The molecule has 3 heterocycles. The fourth-order valence-corrected chi connectivity index (χ4v) is 6.27. The molecule has 1 saturated carbocycles. The molecule has 1 aromatic heterocycles. The van der Waals surface area contributed by atoms with Gasteiger partial charge in [-0.15, -0.1) is 0 Å². The second-order valence-corrected chi connectivity index (χ2v) is 12.1. The van der Waals surface area contributed by atoms with Crippen molar-refractivity contribution in [1.29, 1.82) is 0 Å². The Labute approximate surface area is 241 Å². The second-order valence-electron chi connectivity index (χ2n) is 12.1. The Balaban J connectivity index is 1.14. The molecule has 2 atom stereocenters. The van der Waals surface area contributed by atoms with E-state index in [2.05, 4.69) is 4.98 Å². The number of amides is 1. The number of hydrogen-bond acceptors (Lipinski definition) is 6. The maximum atomic E-state index is 15.0. The van der Waals surface area contributed by atoms with Crippen molar-refractivity contribution >= 4 is 11.9 Å². The van der Waals surface area contributed by atoms with Gasteiger partial charge in [0.1, 0.15) is 17.1 Å². The van der Waals surface area contributed by atoms with E-state index in [1.807, 2.05) is 4.90 Å². The van der Waals surface area contributed by atoms with Gasteiger partial charge in [-0.25, -0.2) is 9.18 Å². The van der Waals surface area contributed by atoms with E-state index in [1.54, 1.807) is 12.1 Å². The fraction of sp³-hybridized carbons (Fsp3) is 0.567. The van der Waals surface area contributed by atoms with Crippen molar-refractivity contribution in [2.24, 2.45) is 11.3 Å². The minimum atomic E-state index is -4.15. The standard InChI is InChI=1S/C30H35F4N3O5/c1-28(27(40)41)14-21(38)16-37(28)26(39)23-5-3-20(13-24(23)31)25-6-4-22(15-35-25)42-17-19-7-11-36(12-8-19)18-29(9-2-10-29)30(32,33)34/h3-6,13,15,19,21,38H,2,7-12,14,16-18H2,1H3,(H,40,41)/t21-,28+/m1/s1. The average molecular weight is 594 g/mol. The number of carbonyl (C=O) groups excluding carboxylic acids is 1. The number of carboxylic acid groups (broad SMARTS) is 1. The number of benzene rings is 1. The van der Waals surface area contributed by atoms with Crippen molar-refractivity contribution in [3.05, 3.63) is 47.9 Å². The van der Waals surface area contributed by atoms with E-state index in [4.69, 9.17) is 4.74 Å². The molecule has 0 radical (unpaired) electrons. The molecular formula is C30H35F4N3O5. The summed E-state index contributed by atoms with van der Waals surface area (Å²) in [6.07, 6.45) is -1.23. The molecule has 12 heteroatoms. The monoisotopic (exact) mass is 593 g/mol. The van der Waals surface area contributed by atoms with Crippen LogP contribution in [0.3, 0.4) is 0 Å². The maximum absolute atomic E-state index is 15.0. The van der Waals surface area contributed by atoms with Crippen LogP contribution in [-0.2, 0) is 4.79 Å². The Bertz CT molecular complexity index is 1310. The molecule has 3 aliphatic rings. The van der Waals surface area contributed by atoms with Gasteiger partial charge < -0.3 is 24.7 Å². The van der Waals surface area contributed by atoms with E-state index in [0.29, 0.717) is 43.1 Å². The number of β-amino-alcohol motifs (C(OH)–C–C–N with tert-alkyl or cyclic N) is 1. The number of rotatable bonds is 8. The van der Waals surface area contributed by atoms with Crippen molar-refractivity contribution in [1.82, 2.24) is 14.8 Å². The van der Waals surface area contributed by atoms with Crippen molar-refractivity contribution in [3.8, 4) is 17.0 Å². The third kappa shape index (κ3) is 5.83. The van der Waals surface area contributed by atoms with E-state index in [0.717, 1.165) is 23.8 Å². The number of aliphatic hydroxyl groups is 1. The van der Waals surface area contributed by atoms with Crippen LogP contribution in [0.2, 0.25) is 0 Å². The number of halogens is 4. The van der Waals surface area contributed by atoms with Gasteiger partial charge in [-0.3, -0.25) is 9.78 Å². The van der Waals surface area contributed by atoms with Crippen LogP contribution in [0.15, 0.2) is 36.5 Å². The van der Waals surface area contributed by atoms with Crippen LogP contribution in [0, 0.1) is 17.2 Å². The van der Waals surface area contributed by atoms with Gasteiger partial charge >= 0.3 is 12.1 Å². The first kappa shape index (κ1) is 30.2. The number of aliphatic hydroxyl groups excluding tert-OH is 1. The van der Waals surface area contributed by atoms with E-state index >= 15 is 4.39 Å². The van der Waals surface area contributed by atoms with Crippen LogP contribution in [0.5, 0.6) is 5.75 Å². The van der Waals surface area contributed by atoms with Crippen LogP contribution >= 0.6 is 0 Å². The molecule has 2 aliphatic heterocycles. The summed E-state index contributed by atoms with van der Waals surface area (Å²) in [6.45, 7) is 2.85. The number of pyridine rings is 1. The molecular weight excluding hydrogens is 558 g/mol. The van der Waals surface area contributed by atoms with Crippen LogP contribution < -0.4 is 4.74 Å². The Morgan fingerprint density at radius 1 is 1.14 bits per heavy atom. The van der Waals surface area contributed by atoms with Crippen LogP contribution in [0.1, 0.15) is 55.8 Å². The molecule has 42 heavy (non-hydrogen) atoms. The molecule has 228 valence electrons. The summed E-state index contributed by atoms with van der Waals surface area (Å²) in [4.78, 5) is 32.0. The lowest BCUT2D eigenvalue weighted by Gasteiger charge is -2.47. The molecule has 2 aromatic rings. The first-order valence-electron chi connectivity index (χ1n) is 14.2. The zero-order valence-corrected chi connectivity index (χ0v) is 23.4. The first-order valence-corrected chi connectivity index (χ1v) is 14.2. The maximum Gasteiger partial charge on any atom is 0.395 e. The summed E-state index contributed by atoms with van der Waals surface area (Å²) in [6, 6.07) is 7.30. The number of carbonyl (C=O) groups is 2. The molecule has 1 aliphatic carbocycles. The van der Waals surface area contributed by atoms with E-state index in [9.17, 15) is 33.0 Å². The fourth-order valence-electron chi connectivity index (χ4n) is 6.27. The summed E-state index contributed by atoms with van der Waals surface area (Å²) in [5.74, 6) is -2.18. The Hall–Kier alpha value is -3.25. The van der Waals surface area contributed by atoms with Gasteiger partial charge in [-0.05, 0) is 75.9 Å². The lowest BCUT2D eigenvalue weighted by Crippen LogP contribution is -2.53. The van der Waals surface area contributed by atoms with Gasteiger partial charge in [-0.1, -0.05) is 12.5 Å². The number of alkyl halides is 3. The summed E-state index contributed by atoms with van der Waals surface area (Å²) >= 11 is 0. The second kappa shape index (κ2) is 11.4. The zero-order chi connectivity index (χ0) is 30.3. The van der Waals surface area contributed by atoms with Crippen molar-refractivity contribution in [3.63, 3.8) is 0 Å². The Morgan fingerprint density at radius 3 is 2.40 bits per heavy atom. The highest BCUT2D eigenvalue weighted by Crippen LogP contribution is 2.53. The smallest absolute Gasteiger partial charge is 0.395 e. The Morgan fingerprint density at radius 2 is 1.86 bits per heavy atom. The number of aromatic nitrogens is 1. The highest BCUT2D eigenvalue weighted by molar-refractivity contribution is 5.98. The summed E-state index contributed by atoms with van der Waals surface area (Å²) in [5, 5.41) is 19.5. The van der Waals surface area contributed by atoms with E-state index in [1.165, 1.54) is 25.3 Å². The minimum absolute atomic E-state index is 0.0777. The van der Waals surface area contributed by atoms with Gasteiger partial charge in [-0.2, -0.15) is 13.2 Å². The largest absolute Gasteiger partial charge is 0.492 e. The lowest BCUT2D eigenvalue weighted by atomic mass is 9.67. The number of likely N-dealkylation sites (tertiary alicyclic amines) is 2. The van der Waals surface area contributed by atoms with E-state index in [-0.39, 0.29) is 43.8 Å². The predicted molar refractivity (Wildman–Crippen MR) is 144 cm³/mol. The molecule has 5 rings (SSSR count). The zero-order valence-electron chi connectivity index (χ0n) is 23.4. The summed E-state index contributed by atoms with van der Waals surface area (Å²) < 4.78 is 61.4. The number of nitrogens with zero attached hydrogens (tertiary/aromatic N) is 3. The predicted octanol–water partition coefficient (Wildman–Crippen LogP) is 4.76. The van der Waals surface area contributed by atoms with Crippen LogP contribution in [-0.4, -0.2) is 87.5 Å². The SMILES string of the molecule is C[C@@]1(C(=O)O)C[C@@H](O)CN1C(=O)c1ccc(-c2ccc(OCC3CCN(CC4(C(F)(F)F)CCC4)CC3)cn2)cc1F. The molecule has 0 spiro atoms. The number of aliphatic carboxylic acids is 1. The third-order valence-corrected chi connectivity index (χ3v) is 9.19. The molecule has 3 fully saturated rings. The normalized spacial score (nSPS) is 24.8. The average Bonchev–Trinajstić information content (AvgIpc) is 3.24. The highest BCUT2D eigenvalue weighted by Gasteiger charge is 2.58. The number of carboxylic acids is 1. The number of hydrogen-bond donors (Lipinski definition) is 2. The van der Waals surface area contributed by atoms with Crippen molar-refractivity contribution in [2.45, 2.75) is 63.3 Å². The molecule has 1 amide bonds. The van der Waals surface area contributed by atoms with Gasteiger partial charge in [0.05, 0.1) is 35.6 Å². The molecule has 0 bridgehead atoms. The topological polar surface area (TPSA) is 103 Å². The van der Waals surface area contributed by atoms with Crippen molar-refractivity contribution < 1.29 is 42.1 Å². The van der Waals surface area contributed by atoms with Gasteiger partial charge in [0, 0.05) is 25.1 Å². The first-order chi connectivity index (χ1) is 19.8. The third-order valence-electron chi connectivity index (χ3n) is 9.19. The molecule has 2 saturated heterocycles. The van der Waals surface area contributed by atoms with E-state index < -0.39 is 40.9 Å². The van der Waals surface area contributed by atoms with Gasteiger partial charge in [0.25, 0.3) is 5.91 Å². The van der Waals surface area contributed by atoms with Crippen molar-refractivity contribution in [2.75, 3.05) is 32.8 Å². The highest BCUT2D eigenvalue weighted by atomic mass is 19.4. The molecule has 2 N–H and O–H groups in total. The Kier molecular flexibility index (Phi) is 8.23.